The Bertz CT molecular complexity index is 799. The van der Waals surface area contributed by atoms with Crippen LogP contribution in [0.5, 0.6) is 0 Å². The Hall–Kier alpha value is -1.65. The van der Waals surface area contributed by atoms with Gasteiger partial charge < -0.3 is 0 Å². The Morgan fingerprint density at radius 2 is 1.28 bits per heavy atom. The summed E-state index contributed by atoms with van der Waals surface area (Å²) in [5.74, 6) is 0. The molecular weight excluding hydrogens is 319 g/mol. The molecule has 3 rings (SSSR count). The van der Waals surface area contributed by atoms with Gasteiger partial charge >= 0.3 is 0 Å². The number of fused-ring (bicyclic) bond motifs is 1. The van der Waals surface area contributed by atoms with Crippen LogP contribution in [0.3, 0.4) is 0 Å². The molecule has 0 saturated carbocycles. The predicted molar refractivity (Wildman–Crippen MR) is 118 cm³/mol. The third-order valence-corrected chi connectivity index (χ3v) is 4.93. The van der Waals surface area contributed by atoms with E-state index in [2.05, 4.69) is 74.5 Å². The van der Waals surface area contributed by atoms with Crippen LogP contribution in [0.4, 0.5) is 0 Å². The molecule has 0 N–H and O–H groups in total. The molecule has 1 unspecified atom stereocenters. The summed E-state index contributed by atoms with van der Waals surface area (Å²) in [7, 11) is 0. The molecule has 0 radical (unpaired) electrons. The molecule has 25 heavy (non-hydrogen) atoms. The average Bonchev–Trinajstić information content (AvgIpc) is 2.64. The standard InChI is InChI=1S/C24H28.H3P/c1-3-5-11-19-13-9-17-23(21(19)15-6-4-2)24-18-10-14-20-12-7-8-16-22(20)24;/h7-10,12-14,16-18H,3-6,11,15H2,1-2H3;1H3. The van der Waals surface area contributed by atoms with E-state index in [4.69, 9.17) is 0 Å². The van der Waals surface area contributed by atoms with Gasteiger partial charge in [-0.05, 0) is 58.7 Å². The summed E-state index contributed by atoms with van der Waals surface area (Å²) in [6, 6.07) is 22.4. The lowest BCUT2D eigenvalue weighted by molar-refractivity contribution is 0.759. The summed E-state index contributed by atoms with van der Waals surface area (Å²) in [5, 5.41) is 2.70. The Morgan fingerprint density at radius 1 is 0.640 bits per heavy atom. The fourth-order valence-electron chi connectivity index (χ4n) is 3.60. The van der Waals surface area contributed by atoms with Gasteiger partial charge in [0.05, 0.1) is 0 Å². The van der Waals surface area contributed by atoms with Crippen LogP contribution in [0.2, 0.25) is 0 Å². The second kappa shape index (κ2) is 9.73. The Kier molecular flexibility index (Phi) is 7.66. The van der Waals surface area contributed by atoms with E-state index in [1.807, 2.05) is 0 Å². The molecule has 0 aliphatic carbocycles. The molecule has 0 spiro atoms. The van der Waals surface area contributed by atoms with Crippen molar-refractivity contribution in [3.05, 3.63) is 71.8 Å². The number of aryl methyl sites for hydroxylation is 1. The zero-order chi connectivity index (χ0) is 16.8. The lowest BCUT2D eigenvalue weighted by Crippen LogP contribution is -1.99. The van der Waals surface area contributed by atoms with Crippen LogP contribution in [0.1, 0.15) is 50.7 Å². The van der Waals surface area contributed by atoms with E-state index in [-0.39, 0.29) is 9.90 Å². The first-order valence-electron chi connectivity index (χ1n) is 9.44. The molecule has 3 aromatic carbocycles. The topological polar surface area (TPSA) is 0 Å². The first kappa shape index (κ1) is 19.7. The van der Waals surface area contributed by atoms with Crippen molar-refractivity contribution in [2.24, 2.45) is 0 Å². The van der Waals surface area contributed by atoms with E-state index in [9.17, 15) is 0 Å². The smallest absolute Gasteiger partial charge is 0.0103 e. The number of rotatable bonds is 7. The van der Waals surface area contributed by atoms with Crippen molar-refractivity contribution < 1.29 is 0 Å². The van der Waals surface area contributed by atoms with Crippen molar-refractivity contribution in [2.45, 2.75) is 52.4 Å². The van der Waals surface area contributed by atoms with E-state index in [0.29, 0.717) is 0 Å². The maximum atomic E-state index is 2.34. The van der Waals surface area contributed by atoms with Crippen LogP contribution in [0.25, 0.3) is 21.9 Å². The van der Waals surface area contributed by atoms with Crippen molar-refractivity contribution in [1.29, 1.82) is 0 Å². The van der Waals surface area contributed by atoms with Crippen LogP contribution >= 0.6 is 9.90 Å². The van der Waals surface area contributed by atoms with Crippen molar-refractivity contribution >= 4 is 20.7 Å². The van der Waals surface area contributed by atoms with Gasteiger partial charge in [0.2, 0.25) is 0 Å². The van der Waals surface area contributed by atoms with E-state index in [0.717, 1.165) is 0 Å². The molecule has 0 aromatic heterocycles. The van der Waals surface area contributed by atoms with Gasteiger partial charge in [0.1, 0.15) is 0 Å². The van der Waals surface area contributed by atoms with Gasteiger partial charge in [-0.1, -0.05) is 87.4 Å². The average molecular weight is 350 g/mol. The molecule has 0 fully saturated rings. The highest BCUT2D eigenvalue weighted by molar-refractivity contribution is 6.92. The summed E-state index contributed by atoms with van der Waals surface area (Å²) in [6.07, 6.45) is 7.44. The molecule has 0 bridgehead atoms. The number of benzene rings is 3. The van der Waals surface area contributed by atoms with Gasteiger partial charge in [0.15, 0.2) is 0 Å². The molecule has 0 nitrogen and oxygen atoms in total. The first-order valence-corrected chi connectivity index (χ1v) is 9.44. The summed E-state index contributed by atoms with van der Waals surface area (Å²) < 4.78 is 0. The summed E-state index contributed by atoms with van der Waals surface area (Å²) in [5.41, 5.74) is 5.95. The third-order valence-electron chi connectivity index (χ3n) is 4.93. The molecule has 1 atom stereocenters. The van der Waals surface area contributed by atoms with Crippen LogP contribution < -0.4 is 0 Å². The zero-order valence-electron chi connectivity index (χ0n) is 15.7. The number of unbranched alkanes of at least 4 members (excludes halogenated alkanes) is 2. The third kappa shape index (κ3) is 4.50. The van der Waals surface area contributed by atoms with Crippen molar-refractivity contribution in [3.63, 3.8) is 0 Å². The fraction of sp³-hybridized carbons (Fsp3) is 0.333. The fourth-order valence-corrected chi connectivity index (χ4v) is 3.60. The predicted octanol–water partition coefficient (Wildman–Crippen LogP) is 7.25. The van der Waals surface area contributed by atoms with Crippen molar-refractivity contribution in [3.8, 4) is 11.1 Å². The minimum absolute atomic E-state index is 0. The second-order valence-corrected chi connectivity index (χ2v) is 6.68. The monoisotopic (exact) mass is 350 g/mol. The van der Waals surface area contributed by atoms with Gasteiger partial charge in [-0.25, -0.2) is 0 Å². The van der Waals surface area contributed by atoms with Crippen LogP contribution in [-0.2, 0) is 12.8 Å². The Morgan fingerprint density at radius 3 is 2.08 bits per heavy atom. The molecule has 0 amide bonds. The van der Waals surface area contributed by atoms with Gasteiger partial charge in [0.25, 0.3) is 0 Å². The lowest BCUT2D eigenvalue weighted by Gasteiger charge is -2.17. The highest BCUT2D eigenvalue weighted by Gasteiger charge is 2.12. The van der Waals surface area contributed by atoms with Gasteiger partial charge in [-0.15, -0.1) is 0 Å². The quantitative estimate of drug-likeness (QED) is 0.394. The maximum Gasteiger partial charge on any atom is -0.0103 e. The van der Waals surface area contributed by atoms with Gasteiger partial charge in [0, 0.05) is 0 Å². The van der Waals surface area contributed by atoms with Crippen LogP contribution in [-0.4, -0.2) is 0 Å². The molecule has 3 aromatic rings. The number of hydrogen-bond acceptors (Lipinski definition) is 0. The molecule has 0 aliphatic rings. The van der Waals surface area contributed by atoms with E-state index < -0.39 is 0 Å². The molecule has 0 saturated heterocycles. The minimum atomic E-state index is 0. The normalized spacial score (nSPS) is 10.6. The maximum absolute atomic E-state index is 2.34. The Balaban J connectivity index is 0.00000225. The molecule has 0 heterocycles. The van der Waals surface area contributed by atoms with E-state index >= 15 is 0 Å². The molecule has 0 aliphatic heterocycles. The highest BCUT2D eigenvalue weighted by atomic mass is 31.0. The second-order valence-electron chi connectivity index (χ2n) is 6.68. The first-order chi connectivity index (χ1) is 11.8. The zero-order valence-corrected chi connectivity index (χ0v) is 17.1. The number of hydrogen-bond donors (Lipinski definition) is 0. The van der Waals surface area contributed by atoms with Crippen molar-refractivity contribution in [2.75, 3.05) is 0 Å². The highest BCUT2D eigenvalue weighted by Crippen LogP contribution is 2.33. The van der Waals surface area contributed by atoms with Crippen LogP contribution in [0, 0.1) is 0 Å². The lowest BCUT2D eigenvalue weighted by atomic mass is 9.88. The molecule has 1 heteroatoms. The minimum Gasteiger partial charge on any atom is -0.153 e. The van der Waals surface area contributed by atoms with Gasteiger partial charge in [-0.3, -0.25) is 0 Å². The Labute approximate surface area is 156 Å². The van der Waals surface area contributed by atoms with Crippen LogP contribution in [0.15, 0.2) is 60.7 Å². The van der Waals surface area contributed by atoms with E-state index in [1.165, 1.54) is 60.4 Å². The molecular formula is C24H31P. The summed E-state index contributed by atoms with van der Waals surface area (Å²) in [4.78, 5) is 0. The van der Waals surface area contributed by atoms with E-state index in [1.54, 1.807) is 11.1 Å². The molecule has 132 valence electrons. The van der Waals surface area contributed by atoms with Crippen molar-refractivity contribution in [1.82, 2.24) is 0 Å². The summed E-state index contributed by atoms with van der Waals surface area (Å²) >= 11 is 0. The summed E-state index contributed by atoms with van der Waals surface area (Å²) in [6.45, 7) is 4.56. The SMILES string of the molecule is CCCCc1cccc(-c2cccc3ccccc23)c1CCCC.P. The largest absolute Gasteiger partial charge is 0.153 e. The van der Waals surface area contributed by atoms with Gasteiger partial charge in [-0.2, -0.15) is 9.90 Å².